The van der Waals surface area contributed by atoms with Crippen molar-refractivity contribution in [2.75, 3.05) is 0 Å². The number of allylic oxidation sites excluding steroid dienone is 1. The summed E-state index contributed by atoms with van der Waals surface area (Å²) in [6, 6.07) is 5.62. The predicted octanol–water partition coefficient (Wildman–Crippen LogP) is 4.77. The highest BCUT2D eigenvalue weighted by Crippen LogP contribution is 2.33. The van der Waals surface area contributed by atoms with Crippen LogP contribution in [0.3, 0.4) is 0 Å². The number of halogens is 1. The van der Waals surface area contributed by atoms with Gasteiger partial charge in [0.05, 0.1) is 11.5 Å². The van der Waals surface area contributed by atoms with E-state index >= 15 is 0 Å². The van der Waals surface area contributed by atoms with Crippen molar-refractivity contribution in [3.63, 3.8) is 0 Å². The van der Waals surface area contributed by atoms with Gasteiger partial charge in [-0.2, -0.15) is 5.26 Å². The minimum absolute atomic E-state index is 0.0511. The average Bonchev–Trinajstić information content (AvgIpc) is 2.56. The lowest BCUT2D eigenvalue weighted by Gasteiger charge is -2.27. The van der Waals surface area contributed by atoms with Crippen molar-refractivity contribution in [3.8, 4) is 11.8 Å². The number of rotatable bonds is 6. The molecule has 0 unspecified atom stereocenters. The van der Waals surface area contributed by atoms with Crippen molar-refractivity contribution in [2.45, 2.75) is 44.9 Å². The van der Waals surface area contributed by atoms with Crippen LogP contribution in [0, 0.1) is 29.0 Å². The zero-order valence-corrected chi connectivity index (χ0v) is 13.3. The molecular weight excluding hydrogens is 293 g/mol. The third-order valence-electron chi connectivity index (χ3n) is 4.48. The highest BCUT2D eigenvalue weighted by atomic mass is 19.1. The fourth-order valence-electron chi connectivity index (χ4n) is 3.09. The number of ether oxygens (including phenoxy) is 1. The molecule has 0 heterocycles. The standard InChI is InChI=1S/C19H22FNO2/c1-2-3-4-5-14-6-8-15(9-7-14)19(22)23-17-11-10-16(13-21)18(20)12-17/h2,10-12,14-15H,1,3-9H2/t14-,15-. The van der Waals surface area contributed by atoms with Crippen molar-refractivity contribution in [3.05, 3.63) is 42.2 Å². The molecule has 0 atom stereocenters. The van der Waals surface area contributed by atoms with Gasteiger partial charge in [-0.25, -0.2) is 4.39 Å². The topological polar surface area (TPSA) is 50.1 Å². The molecule has 4 heteroatoms. The summed E-state index contributed by atoms with van der Waals surface area (Å²) in [5.74, 6) is -0.210. The molecule has 0 amide bonds. The Labute approximate surface area is 136 Å². The lowest BCUT2D eigenvalue weighted by molar-refractivity contribution is -0.140. The fourth-order valence-corrected chi connectivity index (χ4v) is 3.09. The highest BCUT2D eigenvalue weighted by Gasteiger charge is 2.27. The van der Waals surface area contributed by atoms with Gasteiger partial charge < -0.3 is 4.74 Å². The van der Waals surface area contributed by atoms with Crippen molar-refractivity contribution in [1.29, 1.82) is 5.26 Å². The normalized spacial score (nSPS) is 20.5. The van der Waals surface area contributed by atoms with Gasteiger partial charge in [-0.1, -0.05) is 12.5 Å². The second-order valence-corrected chi connectivity index (χ2v) is 6.11. The summed E-state index contributed by atoms with van der Waals surface area (Å²) >= 11 is 0. The van der Waals surface area contributed by atoms with Gasteiger partial charge >= 0.3 is 5.97 Å². The Hall–Kier alpha value is -2.15. The van der Waals surface area contributed by atoms with Crippen LogP contribution >= 0.6 is 0 Å². The molecule has 23 heavy (non-hydrogen) atoms. The van der Waals surface area contributed by atoms with Gasteiger partial charge in [0.2, 0.25) is 0 Å². The van der Waals surface area contributed by atoms with Crippen LogP contribution in [0.5, 0.6) is 5.75 Å². The van der Waals surface area contributed by atoms with Crippen molar-refractivity contribution >= 4 is 5.97 Å². The molecule has 0 radical (unpaired) electrons. The van der Waals surface area contributed by atoms with Crippen LogP contribution in [-0.2, 0) is 4.79 Å². The summed E-state index contributed by atoms with van der Waals surface area (Å²) in [5.41, 5.74) is -0.0511. The smallest absolute Gasteiger partial charge is 0.314 e. The largest absolute Gasteiger partial charge is 0.426 e. The van der Waals surface area contributed by atoms with Crippen molar-refractivity contribution in [1.82, 2.24) is 0 Å². The van der Waals surface area contributed by atoms with Crippen LogP contribution in [0.1, 0.15) is 50.5 Å². The Balaban J connectivity index is 1.82. The van der Waals surface area contributed by atoms with Gasteiger partial charge in [0, 0.05) is 6.07 Å². The van der Waals surface area contributed by atoms with E-state index in [0.717, 1.165) is 44.6 Å². The van der Waals surface area contributed by atoms with Gasteiger partial charge in [0.1, 0.15) is 17.6 Å². The molecule has 0 aliphatic heterocycles. The number of unbranched alkanes of at least 4 members (excludes halogenated alkanes) is 1. The first-order valence-corrected chi connectivity index (χ1v) is 8.16. The van der Waals surface area contributed by atoms with Gasteiger partial charge in [0.15, 0.2) is 0 Å². The van der Waals surface area contributed by atoms with Crippen molar-refractivity contribution in [2.24, 2.45) is 11.8 Å². The molecule has 3 nitrogen and oxygen atoms in total. The highest BCUT2D eigenvalue weighted by molar-refractivity contribution is 5.75. The molecule has 1 aliphatic rings. The number of nitriles is 1. The first kappa shape index (κ1) is 17.2. The molecular formula is C19H22FNO2. The number of hydrogen-bond acceptors (Lipinski definition) is 3. The number of carbonyl (C=O) groups excluding carboxylic acids is 1. The summed E-state index contributed by atoms with van der Waals surface area (Å²) in [6.07, 6.45) is 9.08. The Morgan fingerprint density at radius 3 is 2.74 bits per heavy atom. The van der Waals surface area contributed by atoms with Crippen LogP contribution in [0.25, 0.3) is 0 Å². The Morgan fingerprint density at radius 1 is 1.39 bits per heavy atom. The van der Waals surface area contributed by atoms with E-state index in [2.05, 4.69) is 6.58 Å². The second-order valence-electron chi connectivity index (χ2n) is 6.11. The Bertz CT molecular complexity index is 598. The third kappa shape index (κ3) is 4.92. The molecule has 0 N–H and O–H groups in total. The second kappa shape index (κ2) is 8.47. The van der Waals surface area contributed by atoms with E-state index in [0.29, 0.717) is 5.92 Å². The third-order valence-corrected chi connectivity index (χ3v) is 4.48. The first-order chi connectivity index (χ1) is 11.1. The first-order valence-electron chi connectivity index (χ1n) is 8.16. The molecule has 0 bridgehead atoms. The van der Waals surface area contributed by atoms with E-state index in [4.69, 9.17) is 10.00 Å². The number of hydrogen-bond donors (Lipinski definition) is 0. The molecule has 0 saturated heterocycles. The monoisotopic (exact) mass is 315 g/mol. The zero-order valence-electron chi connectivity index (χ0n) is 13.3. The number of nitrogens with zero attached hydrogens (tertiary/aromatic N) is 1. The van der Waals surface area contributed by atoms with Gasteiger partial charge in [-0.05, 0) is 56.6 Å². The SMILES string of the molecule is C=CCCC[C@H]1CC[C@H](C(=O)Oc2ccc(C#N)c(F)c2)CC1. The van der Waals surface area contributed by atoms with Gasteiger partial charge in [0.25, 0.3) is 0 Å². The molecule has 1 saturated carbocycles. The number of carbonyl (C=O) groups is 1. The van der Waals surface area contributed by atoms with Crippen molar-refractivity contribution < 1.29 is 13.9 Å². The summed E-state index contributed by atoms with van der Waals surface area (Å²) in [6.45, 7) is 3.73. The minimum Gasteiger partial charge on any atom is -0.426 e. The summed E-state index contributed by atoms with van der Waals surface area (Å²) in [5, 5.41) is 8.69. The Kier molecular flexibility index (Phi) is 6.34. The average molecular weight is 315 g/mol. The molecule has 2 rings (SSSR count). The molecule has 0 aromatic heterocycles. The van der Waals surface area contributed by atoms with Crippen LogP contribution in [0.4, 0.5) is 4.39 Å². The van der Waals surface area contributed by atoms with E-state index in [9.17, 15) is 9.18 Å². The van der Waals surface area contributed by atoms with E-state index in [-0.39, 0.29) is 23.2 Å². The molecule has 1 aromatic carbocycles. The summed E-state index contributed by atoms with van der Waals surface area (Å²) in [4.78, 5) is 12.2. The van der Waals surface area contributed by atoms with E-state index in [1.54, 1.807) is 6.07 Å². The van der Waals surface area contributed by atoms with E-state index in [1.807, 2.05) is 6.08 Å². The van der Waals surface area contributed by atoms with Gasteiger partial charge in [-0.15, -0.1) is 6.58 Å². The Morgan fingerprint density at radius 2 is 2.13 bits per heavy atom. The zero-order chi connectivity index (χ0) is 16.7. The van der Waals surface area contributed by atoms with Crippen LogP contribution in [-0.4, -0.2) is 5.97 Å². The minimum atomic E-state index is -0.663. The molecule has 122 valence electrons. The maximum atomic E-state index is 13.5. The lowest BCUT2D eigenvalue weighted by Crippen LogP contribution is -2.25. The van der Waals surface area contributed by atoms with Crippen LogP contribution in [0.2, 0.25) is 0 Å². The number of esters is 1. The molecule has 0 spiro atoms. The van der Waals surface area contributed by atoms with E-state index < -0.39 is 5.82 Å². The van der Waals surface area contributed by atoms with Crippen LogP contribution in [0.15, 0.2) is 30.9 Å². The fraction of sp³-hybridized carbons (Fsp3) is 0.474. The summed E-state index contributed by atoms with van der Waals surface area (Å²) in [7, 11) is 0. The quantitative estimate of drug-likeness (QED) is 0.329. The van der Waals surface area contributed by atoms with E-state index in [1.165, 1.54) is 18.6 Å². The number of benzene rings is 1. The lowest BCUT2D eigenvalue weighted by atomic mass is 9.80. The van der Waals surface area contributed by atoms with Crippen LogP contribution < -0.4 is 4.74 Å². The maximum Gasteiger partial charge on any atom is 0.314 e. The maximum absolute atomic E-state index is 13.5. The molecule has 1 aliphatic carbocycles. The molecule has 1 fully saturated rings. The van der Waals surface area contributed by atoms with Gasteiger partial charge in [-0.3, -0.25) is 4.79 Å². The predicted molar refractivity (Wildman–Crippen MR) is 86.2 cm³/mol. The molecule has 1 aromatic rings. The summed E-state index contributed by atoms with van der Waals surface area (Å²) < 4.78 is 18.8.